The summed E-state index contributed by atoms with van der Waals surface area (Å²) in [5.41, 5.74) is 0.623. The molecule has 0 aliphatic heterocycles. The van der Waals surface area contributed by atoms with Gasteiger partial charge in [-0.1, -0.05) is 35.5 Å². The van der Waals surface area contributed by atoms with E-state index in [2.05, 4.69) is 10.5 Å². The van der Waals surface area contributed by atoms with Crippen LogP contribution in [0.1, 0.15) is 27.8 Å². The summed E-state index contributed by atoms with van der Waals surface area (Å²) in [5.74, 6) is -1.06. The number of nitrogens with zero attached hydrogens (tertiary/aromatic N) is 1. The molecule has 0 unspecified atom stereocenters. The van der Waals surface area contributed by atoms with Gasteiger partial charge in [0.2, 0.25) is 6.10 Å². The second-order valence-electron chi connectivity index (χ2n) is 5.51. The Morgan fingerprint density at radius 2 is 1.81 bits per heavy atom. The minimum atomic E-state index is -1.20. The molecule has 26 heavy (non-hydrogen) atoms. The highest BCUT2D eigenvalue weighted by molar-refractivity contribution is 5.97. The van der Waals surface area contributed by atoms with Gasteiger partial charge in [-0.15, -0.1) is 0 Å². The molecule has 2 aromatic carbocycles. The standard InChI is InChI=1S/C19H15FN2O4/c1-12-11-16(22-26-12)21-18(23)17(13-5-3-2-4-6-13)25-19(24)14-7-9-15(20)10-8-14/h2-11,17H,1H3,(H,21,22,23)/t17-/m0/s1. The molecule has 0 saturated heterocycles. The van der Waals surface area contributed by atoms with Gasteiger partial charge in [-0.25, -0.2) is 9.18 Å². The van der Waals surface area contributed by atoms with Gasteiger partial charge >= 0.3 is 5.97 Å². The third-order valence-electron chi connectivity index (χ3n) is 3.52. The molecule has 1 atom stereocenters. The number of anilines is 1. The Balaban J connectivity index is 1.82. The highest BCUT2D eigenvalue weighted by Gasteiger charge is 2.26. The molecule has 6 nitrogen and oxygen atoms in total. The summed E-state index contributed by atoms with van der Waals surface area (Å²) in [6, 6.07) is 15.0. The lowest BCUT2D eigenvalue weighted by Gasteiger charge is -2.17. The highest BCUT2D eigenvalue weighted by atomic mass is 19.1. The second-order valence-corrected chi connectivity index (χ2v) is 5.51. The Labute approximate surface area is 148 Å². The molecule has 1 N–H and O–H groups in total. The SMILES string of the molecule is Cc1cc(NC(=O)[C@@H](OC(=O)c2ccc(F)cc2)c2ccccc2)no1. The molecule has 3 aromatic rings. The minimum absolute atomic E-state index is 0.136. The average Bonchev–Trinajstić information content (AvgIpc) is 3.05. The topological polar surface area (TPSA) is 81.4 Å². The minimum Gasteiger partial charge on any atom is -0.444 e. The zero-order valence-electron chi connectivity index (χ0n) is 13.8. The van der Waals surface area contributed by atoms with Gasteiger partial charge in [-0.3, -0.25) is 4.79 Å². The number of aryl methyl sites for hydroxylation is 1. The van der Waals surface area contributed by atoms with Crippen LogP contribution in [-0.4, -0.2) is 17.0 Å². The van der Waals surface area contributed by atoms with Gasteiger partial charge in [0.1, 0.15) is 11.6 Å². The van der Waals surface area contributed by atoms with E-state index in [4.69, 9.17) is 9.26 Å². The zero-order chi connectivity index (χ0) is 18.5. The second kappa shape index (κ2) is 7.60. The Morgan fingerprint density at radius 1 is 1.12 bits per heavy atom. The maximum Gasteiger partial charge on any atom is 0.339 e. The Bertz CT molecular complexity index is 907. The van der Waals surface area contributed by atoms with Crippen LogP contribution in [0.3, 0.4) is 0 Å². The number of nitrogens with one attached hydrogen (secondary N) is 1. The van der Waals surface area contributed by atoms with Crippen LogP contribution in [0.15, 0.2) is 65.2 Å². The summed E-state index contributed by atoms with van der Waals surface area (Å²) in [5, 5.41) is 6.24. The highest BCUT2D eigenvalue weighted by Crippen LogP contribution is 2.22. The van der Waals surface area contributed by atoms with Crippen LogP contribution >= 0.6 is 0 Å². The predicted molar refractivity (Wildman–Crippen MR) is 90.9 cm³/mol. The van der Waals surface area contributed by atoms with E-state index in [1.165, 1.54) is 12.1 Å². The van der Waals surface area contributed by atoms with Crippen molar-refractivity contribution in [3.8, 4) is 0 Å². The smallest absolute Gasteiger partial charge is 0.339 e. The quantitative estimate of drug-likeness (QED) is 0.707. The third-order valence-corrected chi connectivity index (χ3v) is 3.52. The maximum absolute atomic E-state index is 13.0. The van der Waals surface area contributed by atoms with Gasteiger partial charge in [0, 0.05) is 11.6 Å². The van der Waals surface area contributed by atoms with Crippen molar-refractivity contribution in [2.45, 2.75) is 13.0 Å². The van der Waals surface area contributed by atoms with Crippen LogP contribution < -0.4 is 5.32 Å². The molecule has 1 heterocycles. The van der Waals surface area contributed by atoms with Crippen molar-refractivity contribution in [1.29, 1.82) is 0 Å². The number of benzene rings is 2. The van der Waals surface area contributed by atoms with Gasteiger partial charge in [-0.2, -0.15) is 0 Å². The van der Waals surface area contributed by atoms with Crippen molar-refractivity contribution in [1.82, 2.24) is 5.16 Å². The molecular formula is C19H15FN2O4. The molecule has 0 radical (unpaired) electrons. The molecule has 0 spiro atoms. The Hall–Kier alpha value is -3.48. The van der Waals surface area contributed by atoms with E-state index in [0.717, 1.165) is 12.1 Å². The molecule has 1 aromatic heterocycles. The Kier molecular flexibility index (Phi) is 5.07. The van der Waals surface area contributed by atoms with Gasteiger partial charge in [-0.05, 0) is 31.2 Å². The third kappa shape index (κ3) is 4.13. The predicted octanol–water partition coefficient (Wildman–Crippen LogP) is 3.66. The van der Waals surface area contributed by atoms with Crippen molar-refractivity contribution in [3.63, 3.8) is 0 Å². The molecule has 0 aliphatic rings. The van der Waals surface area contributed by atoms with Crippen molar-refractivity contribution in [3.05, 3.63) is 83.4 Å². The van der Waals surface area contributed by atoms with Crippen molar-refractivity contribution in [2.75, 3.05) is 5.32 Å². The number of esters is 1. The van der Waals surface area contributed by atoms with Crippen LogP contribution in [0, 0.1) is 12.7 Å². The lowest BCUT2D eigenvalue weighted by atomic mass is 10.1. The number of amides is 1. The van der Waals surface area contributed by atoms with E-state index in [0.29, 0.717) is 11.3 Å². The van der Waals surface area contributed by atoms with E-state index in [9.17, 15) is 14.0 Å². The van der Waals surface area contributed by atoms with Gasteiger partial charge < -0.3 is 14.6 Å². The first-order valence-corrected chi connectivity index (χ1v) is 7.78. The molecule has 0 aliphatic carbocycles. The molecule has 7 heteroatoms. The largest absolute Gasteiger partial charge is 0.444 e. The average molecular weight is 354 g/mol. The number of carbonyl (C=O) groups is 2. The maximum atomic E-state index is 13.0. The monoisotopic (exact) mass is 354 g/mol. The lowest BCUT2D eigenvalue weighted by Crippen LogP contribution is -2.26. The number of hydrogen-bond acceptors (Lipinski definition) is 5. The number of carbonyl (C=O) groups excluding carboxylic acids is 2. The summed E-state index contributed by atoms with van der Waals surface area (Å²) < 4.78 is 23.3. The van der Waals surface area contributed by atoms with E-state index < -0.39 is 23.8 Å². The van der Waals surface area contributed by atoms with Gasteiger partial charge in [0.05, 0.1) is 5.56 Å². The summed E-state index contributed by atoms with van der Waals surface area (Å²) >= 11 is 0. The number of aromatic nitrogens is 1. The first kappa shape index (κ1) is 17.3. The molecule has 0 bridgehead atoms. The van der Waals surface area contributed by atoms with E-state index in [1.807, 2.05) is 0 Å². The van der Waals surface area contributed by atoms with Crippen LogP contribution in [0.4, 0.5) is 10.2 Å². The van der Waals surface area contributed by atoms with Crippen LogP contribution in [0.2, 0.25) is 0 Å². The summed E-state index contributed by atoms with van der Waals surface area (Å²) in [7, 11) is 0. The fourth-order valence-electron chi connectivity index (χ4n) is 2.28. The lowest BCUT2D eigenvalue weighted by molar-refractivity contribution is -0.125. The van der Waals surface area contributed by atoms with Gasteiger partial charge in [0.25, 0.3) is 5.91 Å². The number of rotatable bonds is 5. The zero-order valence-corrected chi connectivity index (χ0v) is 13.8. The molecular weight excluding hydrogens is 339 g/mol. The molecule has 1 amide bonds. The van der Waals surface area contributed by atoms with Crippen molar-refractivity contribution in [2.24, 2.45) is 0 Å². The molecule has 3 rings (SSSR count). The van der Waals surface area contributed by atoms with E-state index in [-0.39, 0.29) is 11.4 Å². The number of ether oxygens (including phenoxy) is 1. The van der Waals surface area contributed by atoms with Crippen LogP contribution in [0.5, 0.6) is 0 Å². The summed E-state index contributed by atoms with van der Waals surface area (Å²) in [4.78, 5) is 25.0. The van der Waals surface area contributed by atoms with E-state index >= 15 is 0 Å². The number of hydrogen-bond donors (Lipinski definition) is 1. The fourth-order valence-corrected chi connectivity index (χ4v) is 2.28. The van der Waals surface area contributed by atoms with Crippen molar-refractivity contribution >= 4 is 17.7 Å². The normalized spacial score (nSPS) is 11.6. The molecule has 132 valence electrons. The Morgan fingerprint density at radius 3 is 2.42 bits per heavy atom. The van der Waals surface area contributed by atoms with Crippen LogP contribution in [0.25, 0.3) is 0 Å². The van der Waals surface area contributed by atoms with Crippen molar-refractivity contribution < 1.29 is 23.2 Å². The summed E-state index contributed by atoms with van der Waals surface area (Å²) in [6.45, 7) is 1.69. The summed E-state index contributed by atoms with van der Waals surface area (Å²) in [6.07, 6.45) is -1.20. The first-order chi connectivity index (χ1) is 12.5. The van der Waals surface area contributed by atoms with Gasteiger partial charge in [0.15, 0.2) is 5.82 Å². The molecule has 0 saturated carbocycles. The van der Waals surface area contributed by atoms with E-state index in [1.54, 1.807) is 43.3 Å². The molecule has 0 fully saturated rings. The fraction of sp³-hybridized carbons (Fsp3) is 0.105. The number of halogens is 1. The van der Waals surface area contributed by atoms with Crippen LogP contribution in [-0.2, 0) is 9.53 Å². The first-order valence-electron chi connectivity index (χ1n) is 7.78.